The van der Waals surface area contributed by atoms with E-state index in [9.17, 15) is 8.78 Å². The summed E-state index contributed by atoms with van der Waals surface area (Å²) in [6.45, 7) is 4.29. The second-order valence-corrected chi connectivity index (χ2v) is 41.6. The lowest BCUT2D eigenvalue weighted by Gasteiger charge is -2.50. The minimum absolute atomic E-state index is 0.00175. The summed E-state index contributed by atoms with van der Waals surface area (Å²) < 4.78 is 60.6. The molecule has 119 heavy (non-hydrogen) atoms. The molecule has 6 aliphatic heterocycles. The van der Waals surface area contributed by atoms with E-state index in [1.54, 1.807) is 51.1 Å². The number of hydrogen-bond acceptors (Lipinski definition) is 2. The smallest absolute Gasteiger partial charge is 0.168 e. The molecular formula is C112H114F4N2Si. The highest BCUT2D eigenvalue weighted by molar-refractivity contribution is 7.09. The van der Waals surface area contributed by atoms with Gasteiger partial charge in [-0.2, -0.15) is 0 Å². The highest BCUT2D eigenvalue weighted by atomic mass is 28.3. The number of nitrogens with zero attached hydrogens (tertiary/aromatic N) is 2. The van der Waals surface area contributed by atoms with E-state index in [2.05, 4.69) is 229 Å². The third kappa shape index (κ3) is 13.8. The Morgan fingerprint density at radius 2 is 1.37 bits per heavy atom. The van der Waals surface area contributed by atoms with E-state index in [4.69, 9.17) is 0 Å². The Morgan fingerprint density at radius 3 is 2.13 bits per heavy atom. The summed E-state index contributed by atoms with van der Waals surface area (Å²) in [6, 6.07) is 27.4. The molecule has 2 nitrogen and oxygen atoms in total. The number of allylic oxidation sites excluding steroid dienone is 47. The van der Waals surface area contributed by atoms with Gasteiger partial charge in [-0.1, -0.05) is 239 Å². The highest BCUT2D eigenvalue weighted by Crippen LogP contribution is 2.67. The van der Waals surface area contributed by atoms with E-state index in [0.717, 1.165) is 153 Å². The van der Waals surface area contributed by atoms with Crippen molar-refractivity contribution in [1.29, 1.82) is 0 Å². The Labute approximate surface area is 705 Å². The van der Waals surface area contributed by atoms with Crippen molar-refractivity contribution >= 4 is 13.3 Å². The van der Waals surface area contributed by atoms with Crippen LogP contribution in [0, 0.1) is 64.9 Å². The van der Waals surface area contributed by atoms with E-state index in [1.165, 1.54) is 114 Å². The average Bonchev–Trinajstić information content (AvgIpc) is 1.54. The number of fused-ring (bicyclic) bond motifs is 4. The van der Waals surface area contributed by atoms with Crippen LogP contribution in [0.3, 0.4) is 0 Å². The molecule has 0 amide bonds. The van der Waals surface area contributed by atoms with Gasteiger partial charge in [0.1, 0.15) is 23.6 Å². The molecule has 3 aromatic rings. The SMILES string of the molecule is C=CC1=CCC(C2(c3ccc(F)cc3)C3C=C(N(C4=CC5=C(CC4)[Si](C4=CCCCC4)(c4ccccc4)C4=C5C=C(N5C6=CC=C(CC6)C6=CC=CC(c7ccc(F)cc7)/C6=C/C6CC=C(CC6)C6C=CC=CC6C6=C(C7C=CC(F)=CC7)CC5C=C6)CC4)C4CC=C(C5=CC(C6=CCC(F)CC6)=CCC5)CC4)C=CC3C3C=CCCC32)CC1. The van der Waals surface area contributed by atoms with Crippen molar-refractivity contribution in [2.45, 2.75) is 209 Å². The topological polar surface area (TPSA) is 6.48 Å². The quantitative estimate of drug-likeness (QED) is 0.0956. The fraction of sp³-hybridized carbons (Fsp3) is 0.375. The van der Waals surface area contributed by atoms with Gasteiger partial charge in [0.05, 0.1) is 6.04 Å². The molecule has 0 spiro atoms. The van der Waals surface area contributed by atoms with Gasteiger partial charge in [-0.15, -0.1) is 0 Å². The van der Waals surface area contributed by atoms with Crippen LogP contribution in [-0.2, 0) is 5.41 Å². The molecular weight excluding hydrogens is 1480 g/mol. The van der Waals surface area contributed by atoms with E-state index in [0.29, 0.717) is 48.9 Å². The molecule has 0 N–H and O–H groups in total. The summed E-state index contributed by atoms with van der Waals surface area (Å²) >= 11 is 0. The summed E-state index contributed by atoms with van der Waals surface area (Å²) in [7, 11) is -2.81. The first-order chi connectivity index (χ1) is 58.5. The van der Waals surface area contributed by atoms with Crippen LogP contribution in [-0.4, -0.2) is 36.1 Å². The van der Waals surface area contributed by atoms with Crippen molar-refractivity contribution in [3.8, 4) is 0 Å². The van der Waals surface area contributed by atoms with Gasteiger partial charge < -0.3 is 9.80 Å². The zero-order valence-electron chi connectivity index (χ0n) is 69.2. The molecule has 16 aliphatic carbocycles. The van der Waals surface area contributed by atoms with Crippen LogP contribution in [0.2, 0.25) is 0 Å². The maximum atomic E-state index is 15.6. The number of alkyl halides is 1. The molecule has 604 valence electrons. The van der Waals surface area contributed by atoms with Crippen LogP contribution in [0.15, 0.2) is 384 Å². The van der Waals surface area contributed by atoms with E-state index in [-0.39, 0.29) is 64.5 Å². The zero-order chi connectivity index (χ0) is 79.9. The molecule has 7 heteroatoms. The average molecular weight is 1590 g/mol. The summed E-state index contributed by atoms with van der Waals surface area (Å²) in [5.41, 5.74) is 26.0. The molecule has 1 fully saturated rings. The summed E-state index contributed by atoms with van der Waals surface area (Å²) in [5.74, 6) is 1.93. The maximum absolute atomic E-state index is 15.6. The zero-order valence-corrected chi connectivity index (χ0v) is 70.2. The lowest BCUT2D eigenvalue weighted by atomic mass is 9.54. The Balaban J connectivity index is 0.738. The monoisotopic (exact) mass is 1590 g/mol. The van der Waals surface area contributed by atoms with Crippen molar-refractivity contribution in [2.75, 3.05) is 0 Å². The normalized spacial score (nSPS) is 33.6. The molecule has 25 rings (SSSR count). The largest absolute Gasteiger partial charge is 0.342 e. The fourth-order valence-corrected chi connectivity index (χ4v) is 32.5. The molecule has 3 aromatic carbocycles. The van der Waals surface area contributed by atoms with Crippen molar-refractivity contribution < 1.29 is 17.6 Å². The second kappa shape index (κ2) is 32.4. The molecule has 15 atom stereocenters. The van der Waals surface area contributed by atoms with Gasteiger partial charge in [0.2, 0.25) is 0 Å². The van der Waals surface area contributed by atoms with Crippen LogP contribution in [0.1, 0.15) is 197 Å². The standard InChI is InChI=1S/C112H114F4N2Si/c1-2-73-29-43-83(44-30-73)112(84-45-53-88(116)54-46-84)108-26-12-11-23-102(108)103-64-60-94(72-109(103)112)118(89-55-39-76(40-56-89)82-16-13-15-81(68-82)75-33-47-85(113)48-34-75)93-62-66-111-107(71-93)106-70-92(61-65-110(106)119(111,95-17-5-3-6-18-95)96-19-7-4-8-20-96)117-90-57-41-79(42-58-90)99-25-14-24-98(78-35-49-86(114)50-36-78)105(99)67-74-27-31-77(32-28-74)97-21-9-10-22-100(97)101-63-59-91(117)69-104(101)80-37-51-87(115)52-38-80/h2-3,5-6,9-11,14-15,17-19,21-25,29,31,33,35-37,39,41,45-46,49-54,57,59-60,63-64,67-68,70-72,74,80,83,85,89,91,97-98,100,102-103,108-109H,1,4,7-8,12-13,16,20,26-28,30,32,34,38,40,42-44,47-48,55-56,58,61-62,65-66,69H2/b105-67-. The van der Waals surface area contributed by atoms with Crippen molar-refractivity contribution in [2.24, 2.45) is 53.3 Å². The van der Waals surface area contributed by atoms with Gasteiger partial charge in [0.25, 0.3) is 0 Å². The Kier molecular flexibility index (Phi) is 20.9. The Hall–Kier alpha value is -9.56. The third-order valence-corrected chi connectivity index (χ3v) is 37.3. The minimum atomic E-state index is -2.81. The van der Waals surface area contributed by atoms with Crippen molar-refractivity contribution in [3.05, 3.63) is 407 Å². The van der Waals surface area contributed by atoms with Crippen LogP contribution < -0.4 is 5.19 Å². The predicted octanol–water partition coefficient (Wildman–Crippen LogP) is 28.0. The molecule has 1 saturated carbocycles. The number of hydrogen-bond donors (Lipinski definition) is 0. The summed E-state index contributed by atoms with van der Waals surface area (Å²) in [4.78, 5) is 5.78. The van der Waals surface area contributed by atoms with Gasteiger partial charge in [-0.3, -0.25) is 0 Å². The van der Waals surface area contributed by atoms with Crippen LogP contribution in [0.5, 0.6) is 0 Å². The lowest BCUT2D eigenvalue weighted by Crippen LogP contribution is -2.54. The molecule has 0 radical (unpaired) electrons. The van der Waals surface area contributed by atoms with Gasteiger partial charge in [0.15, 0.2) is 8.07 Å². The molecule has 0 aromatic heterocycles. The van der Waals surface area contributed by atoms with Crippen molar-refractivity contribution in [1.82, 2.24) is 9.80 Å². The first-order valence-electron chi connectivity index (χ1n) is 46.1. The molecule has 6 heterocycles. The van der Waals surface area contributed by atoms with Crippen molar-refractivity contribution in [3.63, 3.8) is 0 Å². The van der Waals surface area contributed by atoms with Gasteiger partial charge in [-0.05, 0) is 348 Å². The third-order valence-electron chi connectivity index (χ3n) is 31.8. The number of rotatable bonds is 13. The van der Waals surface area contributed by atoms with Crippen LogP contribution in [0.25, 0.3) is 0 Å². The van der Waals surface area contributed by atoms with Gasteiger partial charge >= 0.3 is 0 Å². The Bertz CT molecular complexity index is 5490. The van der Waals surface area contributed by atoms with Gasteiger partial charge in [-0.25, -0.2) is 17.6 Å². The summed E-state index contributed by atoms with van der Waals surface area (Å²) in [5, 5.41) is 6.69. The molecule has 15 unspecified atom stereocenters. The highest BCUT2D eigenvalue weighted by Gasteiger charge is 2.63. The maximum Gasteiger partial charge on any atom is 0.168 e. The number of halogens is 4. The molecule has 22 aliphatic rings. The number of benzene rings is 3. The summed E-state index contributed by atoms with van der Waals surface area (Å²) in [6.07, 6.45) is 99.7. The predicted molar refractivity (Wildman–Crippen MR) is 483 cm³/mol. The van der Waals surface area contributed by atoms with Gasteiger partial charge in [0, 0.05) is 57.9 Å². The Morgan fingerprint density at radius 1 is 0.546 bits per heavy atom. The minimum Gasteiger partial charge on any atom is -0.342 e. The van der Waals surface area contributed by atoms with E-state index in [1.807, 2.05) is 18.2 Å². The van der Waals surface area contributed by atoms with E-state index < -0.39 is 14.2 Å². The lowest BCUT2D eigenvalue weighted by molar-refractivity contribution is 0.131. The van der Waals surface area contributed by atoms with E-state index >= 15 is 8.78 Å². The second-order valence-electron chi connectivity index (χ2n) is 37.7. The van der Waals surface area contributed by atoms with Crippen LogP contribution >= 0.6 is 0 Å². The van der Waals surface area contributed by atoms with Crippen LogP contribution in [0.4, 0.5) is 17.6 Å². The molecule has 6 bridgehead atoms. The first-order valence-corrected chi connectivity index (χ1v) is 48.1. The fourth-order valence-electron chi connectivity index (χ4n) is 26.4. The molecule has 0 saturated heterocycles. The first kappa shape index (κ1) is 76.8.